The summed E-state index contributed by atoms with van der Waals surface area (Å²) in [4.78, 5) is 2.43. The Kier molecular flexibility index (Phi) is 3.94. The van der Waals surface area contributed by atoms with Gasteiger partial charge in [0.2, 0.25) is 0 Å². The van der Waals surface area contributed by atoms with E-state index < -0.39 is 5.82 Å². The van der Waals surface area contributed by atoms with Crippen LogP contribution in [0.5, 0.6) is 0 Å². The van der Waals surface area contributed by atoms with Crippen LogP contribution in [-0.4, -0.2) is 43.7 Å². The zero-order valence-electron chi connectivity index (χ0n) is 12.4. The van der Waals surface area contributed by atoms with Crippen LogP contribution in [0.1, 0.15) is 28.4 Å². The maximum Gasteiger partial charge on any atom is 0.144 e. The average Bonchev–Trinajstić information content (AvgIpc) is 2.51. The number of ether oxygens (including phenoxy) is 1. The first-order chi connectivity index (χ1) is 10.1. The van der Waals surface area contributed by atoms with E-state index in [-0.39, 0.29) is 11.7 Å². The predicted molar refractivity (Wildman–Crippen MR) is 77.5 cm³/mol. The number of hydrogen-bond donors (Lipinski definition) is 1. The van der Waals surface area contributed by atoms with E-state index in [2.05, 4.69) is 10.2 Å². The molecule has 1 aromatic rings. The van der Waals surface area contributed by atoms with E-state index in [9.17, 15) is 9.65 Å². The third-order valence-electron chi connectivity index (χ3n) is 4.57. The van der Waals surface area contributed by atoms with Gasteiger partial charge in [-0.2, -0.15) is 5.26 Å². The molecule has 0 aromatic heterocycles. The van der Waals surface area contributed by atoms with Crippen molar-refractivity contribution in [1.29, 1.82) is 5.26 Å². The zero-order valence-corrected chi connectivity index (χ0v) is 12.4. The number of piperazine rings is 1. The molecule has 2 unspecified atom stereocenters. The summed E-state index contributed by atoms with van der Waals surface area (Å²) < 4.78 is 20.0. The van der Waals surface area contributed by atoms with E-state index in [0.29, 0.717) is 23.8 Å². The Morgan fingerprint density at radius 2 is 2.29 bits per heavy atom. The van der Waals surface area contributed by atoms with E-state index in [1.165, 1.54) is 0 Å². The minimum atomic E-state index is -0.408. The molecule has 0 aliphatic carbocycles. The molecular formula is C16H20FN3O. The first-order valence-electron chi connectivity index (χ1n) is 7.38. The van der Waals surface area contributed by atoms with Gasteiger partial charge in [0.05, 0.1) is 18.3 Å². The topological polar surface area (TPSA) is 48.3 Å². The molecule has 2 saturated heterocycles. The first kappa shape index (κ1) is 14.5. The minimum absolute atomic E-state index is 0.0780. The second-order valence-electron chi connectivity index (χ2n) is 5.88. The highest BCUT2D eigenvalue weighted by molar-refractivity contribution is 5.47. The molecule has 112 valence electrons. The third-order valence-corrected chi connectivity index (χ3v) is 4.57. The lowest BCUT2D eigenvalue weighted by Crippen LogP contribution is -2.57. The van der Waals surface area contributed by atoms with Gasteiger partial charge in [-0.25, -0.2) is 4.39 Å². The van der Waals surface area contributed by atoms with E-state index in [0.717, 1.165) is 31.7 Å². The summed E-state index contributed by atoms with van der Waals surface area (Å²) in [5, 5.41) is 12.6. The number of benzene rings is 1. The van der Waals surface area contributed by atoms with Crippen molar-refractivity contribution in [1.82, 2.24) is 10.2 Å². The van der Waals surface area contributed by atoms with Gasteiger partial charge in [0.1, 0.15) is 11.9 Å². The molecule has 2 aliphatic rings. The van der Waals surface area contributed by atoms with Gasteiger partial charge in [-0.1, -0.05) is 6.07 Å². The summed E-state index contributed by atoms with van der Waals surface area (Å²) in [6.07, 6.45) is -0.0780. The normalized spacial score (nSPS) is 26.2. The number of nitriles is 1. The molecule has 0 bridgehead atoms. The van der Waals surface area contributed by atoms with Crippen molar-refractivity contribution in [3.8, 4) is 6.07 Å². The maximum atomic E-state index is 14.0. The first-order valence-corrected chi connectivity index (χ1v) is 7.38. The van der Waals surface area contributed by atoms with Crippen molar-refractivity contribution in [2.45, 2.75) is 26.0 Å². The summed E-state index contributed by atoms with van der Waals surface area (Å²) in [5.74, 6) is -0.408. The summed E-state index contributed by atoms with van der Waals surface area (Å²) in [6.45, 7) is 7.96. The van der Waals surface area contributed by atoms with Crippen molar-refractivity contribution in [3.05, 3.63) is 34.1 Å². The quantitative estimate of drug-likeness (QED) is 0.854. The van der Waals surface area contributed by atoms with Gasteiger partial charge < -0.3 is 10.1 Å². The molecule has 0 amide bonds. The molecule has 5 heteroatoms. The molecule has 2 atom stereocenters. The van der Waals surface area contributed by atoms with Crippen molar-refractivity contribution < 1.29 is 9.13 Å². The zero-order chi connectivity index (χ0) is 15.0. The Balaban J connectivity index is 1.91. The van der Waals surface area contributed by atoms with Gasteiger partial charge in [0.25, 0.3) is 0 Å². The fourth-order valence-electron chi connectivity index (χ4n) is 3.27. The van der Waals surface area contributed by atoms with Gasteiger partial charge in [-0.05, 0) is 30.5 Å². The molecule has 2 aliphatic heterocycles. The van der Waals surface area contributed by atoms with Crippen molar-refractivity contribution in [2.75, 3.05) is 32.8 Å². The predicted octanol–water partition coefficient (Wildman–Crippen LogP) is 1.66. The molecule has 4 nitrogen and oxygen atoms in total. The third kappa shape index (κ3) is 2.55. The second-order valence-corrected chi connectivity index (χ2v) is 5.88. The smallest absolute Gasteiger partial charge is 0.144 e. The SMILES string of the molecule is Cc1cc(C2CN3CCNCC3CO2)c(C)c(C#N)c1F. The van der Waals surface area contributed by atoms with E-state index in [4.69, 9.17) is 4.74 Å². The molecule has 0 radical (unpaired) electrons. The van der Waals surface area contributed by atoms with E-state index in [1.54, 1.807) is 6.92 Å². The van der Waals surface area contributed by atoms with Crippen LogP contribution in [0.2, 0.25) is 0 Å². The molecule has 0 saturated carbocycles. The second kappa shape index (κ2) is 5.72. The lowest BCUT2D eigenvalue weighted by atomic mass is 9.94. The van der Waals surface area contributed by atoms with Crippen molar-refractivity contribution in [2.24, 2.45) is 0 Å². The number of halogens is 1. The molecule has 0 spiro atoms. The minimum Gasteiger partial charge on any atom is -0.370 e. The Hall–Kier alpha value is -1.48. The molecule has 21 heavy (non-hydrogen) atoms. The summed E-state index contributed by atoms with van der Waals surface area (Å²) >= 11 is 0. The summed E-state index contributed by atoms with van der Waals surface area (Å²) in [7, 11) is 0. The Labute approximate surface area is 124 Å². The van der Waals surface area contributed by atoms with Gasteiger partial charge >= 0.3 is 0 Å². The highest BCUT2D eigenvalue weighted by atomic mass is 19.1. The van der Waals surface area contributed by atoms with Crippen LogP contribution < -0.4 is 5.32 Å². The molecule has 1 N–H and O–H groups in total. The van der Waals surface area contributed by atoms with Crippen molar-refractivity contribution >= 4 is 0 Å². The van der Waals surface area contributed by atoms with Crippen LogP contribution in [-0.2, 0) is 4.74 Å². The molecule has 2 fully saturated rings. The molecule has 2 heterocycles. The number of morpholine rings is 1. The van der Waals surface area contributed by atoms with Gasteiger partial charge in [-0.3, -0.25) is 4.90 Å². The van der Waals surface area contributed by atoms with Crippen LogP contribution in [0, 0.1) is 31.0 Å². The Morgan fingerprint density at radius 1 is 1.48 bits per heavy atom. The van der Waals surface area contributed by atoms with Crippen molar-refractivity contribution in [3.63, 3.8) is 0 Å². The maximum absolute atomic E-state index is 14.0. The molecule has 3 rings (SSSR count). The van der Waals surface area contributed by atoms with Gasteiger partial charge in [-0.15, -0.1) is 0 Å². The van der Waals surface area contributed by atoms with E-state index >= 15 is 0 Å². The highest BCUT2D eigenvalue weighted by Crippen LogP contribution is 2.31. The molecule has 1 aromatic carbocycles. The van der Waals surface area contributed by atoms with Crippen LogP contribution >= 0.6 is 0 Å². The number of rotatable bonds is 1. The lowest BCUT2D eigenvalue weighted by molar-refractivity contribution is -0.0720. The largest absolute Gasteiger partial charge is 0.370 e. The van der Waals surface area contributed by atoms with Crippen LogP contribution in [0.25, 0.3) is 0 Å². The highest BCUT2D eigenvalue weighted by Gasteiger charge is 2.32. The summed E-state index contributed by atoms with van der Waals surface area (Å²) in [5.41, 5.74) is 2.32. The summed E-state index contributed by atoms with van der Waals surface area (Å²) in [6, 6.07) is 4.24. The number of nitrogens with zero attached hydrogens (tertiary/aromatic N) is 2. The Morgan fingerprint density at radius 3 is 3.05 bits per heavy atom. The number of hydrogen-bond acceptors (Lipinski definition) is 4. The van der Waals surface area contributed by atoms with Crippen LogP contribution in [0.4, 0.5) is 4.39 Å². The monoisotopic (exact) mass is 289 g/mol. The van der Waals surface area contributed by atoms with Crippen LogP contribution in [0.15, 0.2) is 6.07 Å². The number of fused-ring (bicyclic) bond motifs is 1. The Bertz CT molecular complexity index is 596. The fraction of sp³-hybridized carbons (Fsp3) is 0.562. The fourth-order valence-corrected chi connectivity index (χ4v) is 3.27. The number of aryl methyl sites for hydroxylation is 1. The molecular weight excluding hydrogens is 269 g/mol. The van der Waals surface area contributed by atoms with Gasteiger partial charge in [0.15, 0.2) is 0 Å². The van der Waals surface area contributed by atoms with Crippen LogP contribution in [0.3, 0.4) is 0 Å². The standard InChI is InChI=1S/C16H20FN3O/c1-10-5-13(11(2)14(6-18)16(10)17)15-8-20-4-3-19-7-12(20)9-21-15/h5,12,15,19H,3-4,7-9H2,1-2H3. The lowest BCUT2D eigenvalue weighted by Gasteiger charge is -2.43. The average molecular weight is 289 g/mol. The van der Waals surface area contributed by atoms with E-state index in [1.807, 2.05) is 19.1 Å². The van der Waals surface area contributed by atoms with Gasteiger partial charge in [0, 0.05) is 32.2 Å². The number of nitrogens with one attached hydrogen (secondary N) is 1.